The molecule has 0 aromatic heterocycles. The summed E-state index contributed by atoms with van der Waals surface area (Å²) in [6, 6.07) is 3.21. The van der Waals surface area contributed by atoms with Crippen LogP contribution in [-0.4, -0.2) is 13.0 Å². The van der Waals surface area contributed by atoms with E-state index in [4.69, 9.17) is 16.3 Å². The zero-order chi connectivity index (χ0) is 12.9. The predicted molar refractivity (Wildman–Crippen MR) is 60.2 cm³/mol. The normalized spacial score (nSPS) is 10.6. The molecule has 0 saturated heterocycles. The van der Waals surface area contributed by atoms with Gasteiger partial charge in [0.05, 0.1) is 18.2 Å². The molecule has 0 aliphatic heterocycles. The van der Waals surface area contributed by atoms with E-state index in [1.807, 2.05) is 0 Å². The monoisotopic (exact) mass is 262 g/mol. The van der Waals surface area contributed by atoms with Crippen LogP contribution in [0.2, 0.25) is 0 Å². The molecule has 5 heteroatoms. The van der Waals surface area contributed by atoms with Gasteiger partial charge in [-0.3, -0.25) is 0 Å². The van der Waals surface area contributed by atoms with E-state index in [1.165, 1.54) is 13.2 Å². The Kier molecular flexibility index (Phi) is 4.71. The minimum atomic E-state index is -4.38. The van der Waals surface area contributed by atoms with Gasteiger partial charge in [0.2, 0.25) is 0 Å². The van der Waals surface area contributed by atoms with Crippen molar-refractivity contribution in [3.63, 3.8) is 0 Å². The molecule has 0 fully saturated rings. The average molecular weight is 263 g/mol. The Bertz CT molecular complexity index is 443. The largest absolute Gasteiger partial charge is 0.495 e. The van der Waals surface area contributed by atoms with Crippen LogP contribution in [0.4, 0.5) is 13.2 Å². The van der Waals surface area contributed by atoms with Crippen molar-refractivity contribution in [3.8, 4) is 17.6 Å². The van der Waals surface area contributed by atoms with Crippen LogP contribution in [0.25, 0.3) is 0 Å². The minimum Gasteiger partial charge on any atom is -0.495 e. The van der Waals surface area contributed by atoms with Gasteiger partial charge in [-0.15, -0.1) is 11.6 Å². The molecule has 1 aromatic rings. The van der Waals surface area contributed by atoms with Crippen LogP contribution in [0, 0.1) is 11.8 Å². The quantitative estimate of drug-likeness (QED) is 0.583. The lowest BCUT2D eigenvalue weighted by Gasteiger charge is -2.09. The molecule has 0 spiro atoms. The zero-order valence-corrected chi connectivity index (χ0v) is 9.82. The Morgan fingerprint density at radius 3 is 2.59 bits per heavy atom. The molecule has 1 aromatic carbocycles. The summed E-state index contributed by atoms with van der Waals surface area (Å²) in [6.07, 6.45) is -3.90. The summed E-state index contributed by atoms with van der Waals surface area (Å²) in [4.78, 5) is 0. The predicted octanol–water partition coefficient (Wildman–Crippen LogP) is 3.69. The number of ether oxygens (including phenoxy) is 1. The number of hydrogen-bond donors (Lipinski definition) is 0. The highest BCUT2D eigenvalue weighted by atomic mass is 35.5. The summed E-state index contributed by atoms with van der Waals surface area (Å²) in [5, 5.41) is 0. The SMILES string of the molecule is COc1cc(C(F)(F)F)ccc1C#CCCCl. The highest BCUT2D eigenvalue weighted by molar-refractivity contribution is 6.18. The van der Waals surface area contributed by atoms with Crippen LogP contribution in [0.1, 0.15) is 17.5 Å². The van der Waals surface area contributed by atoms with Crippen molar-refractivity contribution in [1.82, 2.24) is 0 Å². The molecular weight excluding hydrogens is 253 g/mol. The van der Waals surface area contributed by atoms with Crippen LogP contribution in [0.3, 0.4) is 0 Å². The molecule has 1 nitrogen and oxygen atoms in total. The van der Waals surface area contributed by atoms with E-state index in [2.05, 4.69) is 11.8 Å². The van der Waals surface area contributed by atoms with Crippen molar-refractivity contribution in [2.75, 3.05) is 13.0 Å². The first-order valence-electron chi connectivity index (χ1n) is 4.79. The van der Waals surface area contributed by atoms with Crippen LogP contribution < -0.4 is 4.74 Å². The first kappa shape index (κ1) is 13.7. The minimum absolute atomic E-state index is 0.113. The molecule has 17 heavy (non-hydrogen) atoms. The number of hydrogen-bond acceptors (Lipinski definition) is 1. The van der Waals surface area contributed by atoms with E-state index >= 15 is 0 Å². The Balaban J connectivity index is 3.07. The topological polar surface area (TPSA) is 9.23 Å². The Morgan fingerprint density at radius 1 is 1.35 bits per heavy atom. The third-order valence-corrected chi connectivity index (χ3v) is 2.16. The maximum Gasteiger partial charge on any atom is 0.416 e. The van der Waals surface area contributed by atoms with Crippen molar-refractivity contribution in [1.29, 1.82) is 0 Å². The van der Waals surface area contributed by atoms with Crippen LogP contribution in [-0.2, 0) is 6.18 Å². The average Bonchev–Trinajstić information content (AvgIpc) is 2.28. The van der Waals surface area contributed by atoms with Crippen LogP contribution >= 0.6 is 11.6 Å². The van der Waals surface area contributed by atoms with Gasteiger partial charge in [-0.05, 0) is 18.2 Å². The Hall–Kier alpha value is -1.34. The Morgan fingerprint density at radius 2 is 2.06 bits per heavy atom. The number of benzene rings is 1. The van der Waals surface area contributed by atoms with E-state index in [0.717, 1.165) is 12.1 Å². The second-order valence-electron chi connectivity index (χ2n) is 3.15. The molecule has 0 atom stereocenters. The lowest BCUT2D eigenvalue weighted by Crippen LogP contribution is -2.05. The lowest BCUT2D eigenvalue weighted by atomic mass is 10.1. The van der Waals surface area contributed by atoms with Gasteiger partial charge in [-0.2, -0.15) is 13.2 Å². The molecular formula is C12H10ClF3O. The highest BCUT2D eigenvalue weighted by Crippen LogP contribution is 2.32. The first-order chi connectivity index (χ1) is 7.99. The molecule has 0 unspecified atom stereocenters. The fraction of sp³-hybridized carbons (Fsp3) is 0.333. The molecule has 92 valence electrons. The van der Waals surface area contributed by atoms with Crippen LogP contribution in [0.15, 0.2) is 18.2 Å². The third kappa shape index (κ3) is 3.86. The number of methoxy groups -OCH3 is 1. The molecule has 1 rings (SSSR count). The van der Waals surface area contributed by atoms with E-state index in [9.17, 15) is 13.2 Å². The van der Waals surface area contributed by atoms with Gasteiger partial charge in [0.15, 0.2) is 0 Å². The van der Waals surface area contributed by atoms with Crippen molar-refractivity contribution < 1.29 is 17.9 Å². The maximum atomic E-state index is 12.4. The smallest absolute Gasteiger partial charge is 0.416 e. The van der Waals surface area contributed by atoms with Crippen molar-refractivity contribution in [2.45, 2.75) is 12.6 Å². The molecule has 0 bridgehead atoms. The van der Waals surface area contributed by atoms with E-state index in [0.29, 0.717) is 17.9 Å². The summed E-state index contributed by atoms with van der Waals surface area (Å²) in [6.45, 7) is 0. The summed E-state index contributed by atoms with van der Waals surface area (Å²) in [5.74, 6) is 5.96. The van der Waals surface area contributed by atoms with Crippen molar-refractivity contribution >= 4 is 11.6 Å². The molecule has 0 heterocycles. The Labute approximate surface area is 103 Å². The van der Waals surface area contributed by atoms with Gasteiger partial charge < -0.3 is 4.74 Å². The summed E-state index contributed by atoms with van der Waals surface area (Å²) >= 11 is 5.44. The second-order valence-corrected chi connectivity index (χ2v) is 3.53. The fourth-order valence-electron chi connectivity index (χ4n) is 1.18. The zero-order valence-electron chi connectivity index (χ0n) is 9.07. The lowest BCUT2D eigenvalue weighted by molar-refractivity contribution is -0.137. The molecule has 0 aliphatic carbocycles. The van der Waals surface area contributed by atoms with Crippen molar-refractivity contribution in [2.24, 2.45) is 0 Å². The summed E-state index contributed by atoms with van der Waals surface area (Å²) < 4.78 is 42.2. The van der Waals surface area contributed by atoms with Gasteiger partial charge in [-0.1, -0.05) is 11.8 Å². The first-order valence-corrected chi connectivity index (χ1v) is 5.32. The number of rotatable bonds is 2. The molecule has 0 amide bonds. The summed E-state index contributed by atoms with van der Waals surface area (Å²) in [7, 11) is 1.31. The summed E-state index contributed by atoms with van der Waals surface area (Å²) in [5.41, 5.74) is -0.331. The third-order valence-electron chi connectivity index (χ3n) is 1.97. The van der Waals surface area contributed by atoms with Gasteiger partial charge in [0.25, 0.3) is 0 Å². The van der Waals surface area contributed by atoms with E-state index in [1.54, 1.807) is 0 Å². The molecule has 0 aliphatic rings. The van der Waals surface area contributed by atoms with Gasteiger partial charge in [-0.25, -0.2) is 0 Å². The standard InChI is InChI=1S/C12H10ClF3O/c1-17-11-8-10(12(14,15)16)6-5-9(11)4-2-3-7-13/h5-6,8H,3,7H2,1H3. The van der Waals surface area contributed by atoms with Crippen LogP contribution in [0.5, 0.6) is 5.75 Å². The van der Waals surface area contributed by atoms with Gasteiger partial charge in [0, 0.05) is 12.3 Å². The number of alkyl halides is 4. The van der Waals surface area contributed by atoms with Gasteiger partial charge in [0.1, 0.15) is 5.75 Å². The fourth-order valence-corrected chi connectivity index (χ4v) is 1.27. The highest BCUT2D eigenvalue weighted by Gasteiger charge is 2.31. The van der Waals surface area contributed by atoms with E-state index < -0.39 is 11.7 Å². The van der Waals surface area contributed by atoms with Crippen molar-refractivity contribution in [3.05, 3.63) is 29.3 Å². The maximum absolute atomic E-state index is 12.4. The molecule has 0 saturated carbocycles. The van der Waals surface area contributed by atoms with Gasteiger partial charge >= 0.3 is 6.18 Å². The molecule has 0 N–H and O–H groups in total. The van der Waals surface area contributed by atoms with E-state index in [-0.39, 0.29) is 5.75 Å². The molecule has 0 radical (unpaired) electrons. The second kappa shape index (κ2) is 5.83. The number of halogens is 4.